The molecule has 2 N–H and O–H groups in total. The number of fused-ring (bicyclic) bond motifs is 1. The molecule has 170 valence electrons. The van der Waals surface area contributed by atoms with E-state index < -0.39 is 23.8 Å². The molecule has 3 aromatic rings. The minimum atomic E-state index is -2.87. The molecule has 0 aliphatic carbocycles. The molecule has 1 atom stereocenters. The zero-order chi connectivity index (χ0) is 22.8. The fourth-order valence-electron chi connectivity index (χ4n) is 4.41. The molecule has 0 amide bonds. The Morgan fingerprint density at radius 3 is 2.50 bits per heavy atom. The van der Waals surface area contributed by atoms with Crippen molar-refractivity contribution in [3.8, 4) is 5.75 Å². The Kier molecular flexibility index (Phi) is 6.50. The molecular formula is C24H27F3N4O. The van der Waals surface area contributed by atoms with Crippen LogP contribution in [0.25, 0.3) is 10.8 Å². The van der Waals surface area contributed by atoms with Crippen LogP contribution in [0.5, 0.6) is 5.75 Å². The Bertz CT molecular complexity index is 1120. The Labute approximate surface area is 185 Å². The smallest absolute Gasteiger partial charge is 0.266 e. The molecule has 1 fully saturated rings. The van der Waals surface area contributed by atoms with E-state index in [-0.39, 0.29) is 5.56 Å². The second-order valence-electron chi connectivity index (χ2n) is 8.22. The van der Waals surface area contributed by atoms with Crippen LogP contribution in [0, 0.1) is 12.7 Å². The number of alkyl halides is 2. The van der Waals surface area contributed by atoms with Gasteiger partial charge in [0.2, 0.25) is 0 Å². The van der Waals surface area contributed by atoms with Crippen LogP contribution >= 0.6 is 0 Å². The van der Waals surface area contributed by atoms with Crippen LogP contribution in [-0.2, 0) is 0 Å². The van der Waals surface area contributed by atoms with Gasteiger partial charge in [-0.05, 0) is 63.4 Å². The van der Waals surface area contributed by atoms with Crippen LogP contribution in [0.3, 0.4) is 0 Å². The summed E-state index contributed by atoms with van der Waals surface area (Å²) in [4.78, 5) is 0. The van der Waals surface area contributed by atoms with Crippen molar-refractivity contribution in [3.05, 3.63) is 58.5 Å². The summed E-state index contributed by atoms with van der Waals surface area (Å²) in [7, 11) is 1.66. The third-order valence-electron chi connectivity index (χ3n) is 6.21. The lowest BCUT2D eigenvalue weighted by Crippen LogP contribution is -2.26. The Morgan fingerprint density at radius 1 is 1.09 bits per heavy atom. The van der Waals surface area contributed by atoms with Gasteiger partial charge in [0.1, 0.15) is 11.6 Å². The standard InChI is InChI=1S/C24H27F3N4O/c1-13(16-5-4-6-17(22(16)25)23(26)27)29-24-20-11-19(15-7-9-28-10-8-15)21(32-3)12-18(20)14(2)30-31-24/h4-6,11-13,15,23,28H,7-10H2,1-3H3,(H,29,31)/t13-/m1/s1. The molecule has 1 aromatic heterocycles. The summed E-state index contributed by atoms with van der Waals surface area (Å²) in [6.45, 7) is 5.49. The third kappa shape index (κ3) is 4.24. The van der Waals surface area contributed by atoms with Crippen molar-refractivity contribution >= 4 is 16.6 Å². The molecule has 5 nitrogen and oxygen atoms in total. The van der Waals surface area contributed by atoms with Crippen molar-refractivity contribution in [1.29, 1.82) is 0 Å². The molecule has 1 aliphatic rings. The van der Waals surface area contributed by atoms with Crippen molar-refractivity contribution in [2.75, 3.05) is 25.5 Å². The average molecular weight is 445 g/mol. The molecule has 1 saturated heterocycles. The molecule has 32 heavy (non-hydrogen) atoms. The molecule has 2 aromatic carbocycles. The highest BCUT2D eigenvalue weighted by molar-refractivity contribution is 5.95. The number of hydrogen-bond donors (Lipinski definition) is 2. The van der Waals surface area contributed by atoms with Gasteiger partial charge < -0.3 is 15.4 Å². The van der Waals surface area contributed by atoms with E-state index in [9.17, 15) is 13.2 Å². The maximum atomic E-state index is 14.7. The van der Waals surface area contributed by atoms with E-state index in [1.54, 1.807) is 14.0 Å². The number of aryl methyl sites for hydroxylation is 1. The average Bonchev–Trinajstić information content (AvgIpc) is 2.80. The number of hydrogen-bond acceptors (Lipinski definition) is 5. The summed E-state index contributed by atoms with van der Waals surface area (Å²) >= 11 is 0. The first-order valence-corrected chi connectivity index (χ1v) is 10.8. The van der Waals surface area contributed by atoms with Crippen LogP contribution in [0.15, 0.2) is 30.3 Å². The number of halogens is 3. The molecule has 0 unspecified atom stereocenters. The number of anilines is 1. The second kappa shape index (κ2) is 9.32. The van der Waals surface area contributed by atoms with Crippen molar-refractivity contribution < 1.29 is 17.9 Å². The summed E-state index contributed by atoms with van der Waals surface area (Å²) in [5.41, 5.74) is 1.41. The molecule has 0 spiro atoms. The number of ether oxygens (including phenoxy) is 1. The lowest BCUT2D eigenvalue weighted by atomic mass is 9.88. The summed E-state index contributed by atoms with van der Waals surface area (Å²) in [5.74, 6) is 0.756. The fraction of sp³-hybridized carbons (Fsp3) is 0.417. The minimum absolute atomic E-state index is 0.158. The van der Waals surface area contributed by atoms with Gasteiger partial charge in [-0.25, -0.2) is 13.2 Å². The Hall–Kier alpha value is -2.87. The van der Waals surface area contributed by atoms with Gasteiger partial charge in [-0.3, -0.25) is 0 Å². The van der Waals surface area contributed by atoms with Gasteiger partial charge in [0.25, 0.3) is 6.43 Å². The molecule has 0 saturated carbocycles. The number of rotatable bonds is 6. The Morgan fingerprint density at radius 2 is 1.81 bits per heavy atom. The minimum Gasteiger partial charge on any atom is -0.496 e. The summed E-state index contributed by atoms with van der Waals surface area (Å²) < 4.78 is 46.7. The maximum absolute atomic E-state index is 14.7. The number of benzene rings is 2. The predicted octanol–water partition coefficient (Wildman–Crippen LogP) is 5.66. The van der Waals surface area contributed by atoms with Gasteiger partial charge >= 0.3 is 0 Å². The number of methoxy groups -OCH3 is 1. The highest BCUT2D eigenvalue weighted by Gasteiger charge is 2.23. The summed E-state index contributed by atoms with van der Waals surface area (Å²) in [5, 5.41) is 16.9. The van der Waals surface area contributed by atoms with Crippen LogP contribution in [0.1, 0.15) is 60.5 Å². The van der Waals surface area contributed by atoms with Crippen LogP contribution in [0.2, 0.25) is 0 Å². The van der Waals surface area contributed by atoms with Gasteiger partial charge in [0.05, 0.1) is 24.4 Å². The van der Waals surface area contributed by atoms with Crippen LogP contribution in [0.4, 0.5) is 19.0 Å². The number of nitrogens with zero attached hydrogens (tertiary/aromatic N) is 2. The third-order valence-corrected chi connectivity index (χ3v) is 6.21. The number of piperidine rings is 1. The zero-order valence-corrected chi connectivity index (χ0v) is 18.4. The molecule has 2 heterocycles. The van der Waals surface area contributed by atoms with E-state index in [2.05, 4.69) is 26.9 Å². The Balaban J connectivity index is 1.76. The van der Waals surface area contributed by atoms with Gasteiger partial charge in [-0.15, -0.1) is 5.10 Å². The van der Waals surface area contributed by atoms with Crippen molar-refractivity contribution in [1.82, 2.24) is 15.5 Å². The van der Waals surface area contributed by atoms with Crippen LogP contribution < -0.4 is 15.4 Å². The van der Waals surface area contributed by atoms with Gasteiger partial charge in [-0.2, -0.15) is 5.10 Å². The molecule has 1 aliphatic heterocycles. The quantitative estimate of drug-likeness (QED) is 0.514. The first-order chi connectivity index (χ1) is 15.4. The largest absolute Gasteiger partial charge is 0.496 e. The van der Waals surface area contributed by atoms with Gasteiger partial charge in [0.15, 0.2) is 5.82 Å². The van der Waals surface area contributed by atoms with E-state index in [0.717, 1.165) is 59.8 Å². The zero-order valence-electron chi connectivity index (χ0n) is 18.4. The first-order valence-electron chi connectivity index (χ1n) is 10.8. The van der Waals surface area contributed by atoms with E-state index >= 15 is 0 Å². The molecule has 0 bridgehead atoms. The second-order valence-corrected chi connectivity index (χ2v) is 8.22. The normalized spacial score (nSPS) is 15.8. The van der Waals surface area contributed by atoms with Crippen LogP contribution in [-0.4, -0.2) is 30.4 Å². The maximum Gasteiger partial charge on any atom is 0.266 e. The molecule has 0 radical (unpaired) electrons. The topological polar surface area (TPSA) is 59.1 Å². The lowest BCUT2D eigenvalue weighted by Gasteiger charge is -2.25. The lowest BCUT2D eigenvalue weighted by molar-refractivity contribution is 0.146. The SMILES string of the molecule is COc1cc2c(C)nnc(N[C@H](C)c3cccc(C(F)F)c3F)c2cc1C1CCNCC1. The monoisotopic (exact) mass is 444 g/mol. The highest BCUT2D eigenvalue weighted by atomic mass is 19.3. The number of aromatic nitrogens is 2. The number of nitrogens with one attached hydrogen (secondary N) is 2. The first kappa shape index (κ1) is 22.3. The van der Waals surface area contributed by atoms with E-state index in [1.807, 2.05) is 13.0 Å². The molecular weight excluding hydrogens is 417 g/mol. The molecule has 8 heteroatoms. The fourth-order valence-corrected chi connectivity index (χ4v) is 4.41. The predicted molar refractivity (Wildman–Crippen MR) is 119 cm³/mol. The van der Waals surface area contributed by atoms with E-state index in [1.165, 1.54) is 12.1 Å². The summed E-state index contributed by atoms with van der Waals surface area (Å²) in [6, 6.07) is 7.52. The van der Waals surface area contributed by atoms with Crippen molar-refractivity contribution in [3.63, 3.8) is 0 Å². The van der Waals surface area contributed by atoms with E-state index in [4.69, 9.17) is 4.74 Å². The molecule has 4 rings (SSSR count). The van der Waals surface area contributed by atoms with Gasteiger partial charge in [-0.1, -0.05) is 18.2 Å². The van der Waals surface area contributed by atoms with Crippen molar-refractivity contribution in [2.45, 2.75) is 45.1 Å². The van der Waals surface area contributed by atoms with E-state index in [0.29, 0.717) is 11.7 Å². The highest BCUT2D eigenvalue weighted by Crippen LogP contribution is 2.38. The summed E-state index contributed by atoms with van der Waals surface area (Å²) in [6.07, 6.45) is -0.865. The van der Waals surface area contributed by atoms with Gasteiger partial charge in [0, 0.05) is 16.3 Å². The van der Waals surface area contributed by atoms with Crippen molar-refractivity contribution in [2.24, 2.45) is 0 Å².